The number of ether oxygens (including phenoxy) is 2. The van der Waals surface area contributed by atoms with Crippen molar-refractivity contribution in [3.8, 4) is 6.07 Å². The largest absolute Gasteiger partial charge is 0.594 e. The molecule has 1 fully saturated rings. The molecule has 0 aliphatic carbocycles. The highest BCUT2D eigenvalue weighted by molar-refractivity contribution is 5.64. The number of halogens is 1. The Kier molecular flexibility index (Phi) is 1.39. The zero-order valence-electron chi connectivity index (χ0n) is 5.07. The zero-order chi connectivity index (χ0) is 8.48. The quantitative estimate of drug-likeness (QED) is 0.292. The molecular formula is C5HFN2O3. The molecule has 1 aliphatic rings. The molecule has 0 radical (unpaired) electrons. The van der Waals surface area contributed by atoms with Crippen LogP contribution < -0.4 is 0 Å². The van der Waals surface area contributed by atoms with E-state index in [1.54, 1.807) is 0 Å². The predicted octanol–water partition coefficient (Wildman–Crippen LogP) is 0.588. The molecule has 5 nitrogen and oxygen atoms in total. The number of rotatable bonds is 0. The molecule has 56 valence electrons. The van der Waals surface area contributed by atoms with Crippen molar-refractivity contribution in [3.63, 3.8) is 0 Å². The maximum atomic E-state index is 12.8. The SMILES string of the molecule is [C-]#[N+]C1(F)OC(=O)OC1C#N. The summed E-state index contributed by atoms with van der Waals surface area (Å²) >= 11 is 0. The van der Waals surface area contributed by atoms with Crippen LogP contribution in [0.25, 0.3) is 4.85 Å². The van der Waals surface area contributed by atoms with Crippen molar-refractivity contribution in [1.82, 2.24) is 0 Å². The Morgan fingerprint density at radius 2 is 2.55 bits per heavy atom. The predicted molar refractivity (Wildman–Crippen MR) is 27.4 cm³/mol. The van der Waals surface area contributed by atoms with Crippen molar-refractivity contribution in [2.45, 2.75) is 12.1 Å². The number of nitriles is 1. The Bertz CT molecular complexity index is 278. The molecular weight excluding hydrogens is 155 g/mol. The van der Waals surface area contributed by atoms with E-state index in [-0.39, 0.29) is 0 Å². The summed E-state index contributed by atoms with van der Waals surface area (Å²) in [4.78, 5) is 12.5. The Morgan fingerprint density at radius 1 is 1.91 bits per heavy atom. The topological polar surface area (TPSA) is 63.7 Å². The molecule has 2 unspecified atom stereocenters. The number of carbonyl (C=O) groups excluding carboxylic acids is 1. The van der Waals surface area contributed by atoms with Gasteiger partial charge in [-0.1, -0.05) is 0 Å². The van der Waals surface area contributed by atoms with E-state index >= 15 is 0 Å². The van der Waals surface area contributed by atoms with Gasteiger partial charge in [0.2, 0.25) is 0 Å². The molecule has 0 spiro atoms. The summed E-state index contributed by atoms with van der Waals surface area (Å²) in [6.07, 6.45) is -3.12. The third-order valence-corrected chi connectivity index (χ3v) is 1.03. The highest BCUT2D eigenvalue weighted by atomic mass is 19.2. The summed E-state index contributed by atoms with van der Waals surface area (Å²) in [5.41, 5.74) is 0. The van der Waals surface area contributed by atoms with Crippen LogP contribution in [0.1, 0.15) is 0 Å². The second kappa shape index (κ2) is 2.10. The highest BCUT2D eigenvalue weighted by Crippen LogP contribution is 2.29. The van der Waals surface area contributed by atoms with Crippen LogP contribution in [-0.4, -0.2) is 18.2 Å². The minimum atomic E-state index is -2.97. The molecule has 11 heavy (non-hydrogen) atoms. The van der Waals surface area contributed by atoms with Crippen LogP contribution in [-0.2, 0) is 9.47 Å². The smallest absolute Gasteiger partial charge is 0.398 e. The van der Waals surface area contributed by atoms with E-state index in [1.165, 1.54) is 6.07 Å². The molecule has 0 bridgehead atoms. The van der Waals surface area contributed by atoms with E-state index in [0.717, 1.165) is 0 Å². The first-order valence-electron chi connectivity index (χ1n) is 2.49. The average molecular weight is 156 g/mol. The lowest BCUT2D eigenvalue weighted by molar-refractivity contribution is -0.0336. The fraction of sp³-hybridized carbons (Fsp3) is 0.400. The summed E-state index contributed by atoms with van der Waals surface area (Å²) in [7, 11) is 0. The van der Waals surface area contributed by atoms with Crippen molar-refractivity contribution in [3.05, 3.63) is 11.4 Å². The third-order valence-electron chi connectivity index (χ3n) is 1.03. The Balaban J connectivity index is 2.93. The lowest BCUT2D eigenvalue weighted by atomic mass is 10.3. The van der Waals surface area contributed by atoms with E-state index in [4.69, 9.17) is 11.8 Å². The van der Waals surface area contributed by atoms with E-state index < -0.39 is 18.2 Å². The minimum Gasteiger partial charge on any atom is -0.398 e. The van der Waals surface area contributed by atoms with E-state index in [1.807, 2.05) is 0 Å². The molecule has 0 aromatic heterocycles. The number of nitrogens with zero attached hydrogens (tertiary/aromatic N) is 2. The molecule has 0 aromatic carbocycles. The number of carbonyl (C=O) groups is 1. The van der Waals surface area contributed by atoms with Crippen LogP contribution in [0, 0.1) is 17.9 Å². The van der Waals surface area contributed by atoms with Crippen LogP contribution in [0.4, 0.5) is 9.18 Å². The average Bonchev–Trinajstić information content (AvgIpc) is 2.27. The first-order valence-corrected chi connectivity index (χ1v) is 2.49. The second-order valence-electron chi connectivity index (χ2n) is 1.70. The Hall–Kier alpha value is -1.82. The Morgan fingerprint density at radius 3 is 2.91 bits per heavy atom. The van der Waals surface area contributed by atoms with Crippen LogP contribution >= 0.6 is 0 Å². The fourth-order valence-corrected chi connectivity index (χ4v) is 0.551. The van der Waals surface area contributed by atoms with Gasteiger partial charge in [0.1, 0.15) is 6.07 Å². The van der Waals surface area contributed by atoms with Crippen molar-refractivity contribution in [2.75, 3.05) is 0 Å². The maximum absolute atomic E-state index is 12.8. The number of alkyl halides is 1. The van der Waals surface area contributed by atoms with Crippen molar-refractivity contribution in [1.29, 1.82) is 5.26 Å². The Labute approximate surface area is 60.7 Å². The van der Waals surface area contributed by atoms with Gasteiger partial charge in [-0.25, -0.2) is 16.2 Å². The molecule has 1 saturated heterocycles. The van der Waals surface area contributed by atoms with Crippen molar-refractivity contribution in [2.24, 2.45) is 0 Å². The van der Waals surface area contributed by atoms with Gasteiger partial charge in [0.15, 0.2) is 0 Å². The molecule has 1 rings (SSSR count). The van der Waals surface area contributed by atoms with Gasteiger partial charge in [0.05, 0.1) is 0 Å². The summed E-state index contributed by atoms with van der Waals surface area (Å²) < 4.78 is 20.6. The standard InChI is InChI=1S/C5HFN2O3/c1-8-5(6)3(2-7)10-4(9)11-5/h3H. The van der Waals surface area contributed by atoms with Gasteiger partial charge in [-0.3, -0.25) is 0 Å². The van der Waals surface area contributed by atoms with Gasteiger partial charge in [0.25, 0.3) is 0 Å². The molecule has 6 heteroatoms. The van der Waals surface area contributed by atoms with Crippen LogP contribution in [0.15, 0.2) is 0 Å². The lowest BCUT2D eigenvalue weighted by Gasteiger charge is -2.00. The van der Waals surface area contributed by atoms with Crippen molar-refractivity contribution < 1.29 is 18.7 Å². The van der Waals surface area contributed by atoms with Gasteiger partial charge in [-0.15, -0.1) is 4.39 Å². The fourth-order valence-electron chi connectivity index (χ4n) is 0.551. The van der Waals surface area contributed by atoms with E-state index in [0.29, 0.717) is 0 Å². The molecule has 0 N–H and O–H groups in total. The first kappa shape index (κ1) is 7.29. The molecule has 0 saturated carbocycles. The molecule has 1 aliphatic heterocycles. The highest BCUT2D eigenvalue weighted by Gasteiger charge is 2.61. The third kappa shape index (κ3) is 0.945. The van der Waals surface area contributed by atoms with Gasteiger partial charge < -0.3 is 9.47 Å². The summed E-state index contributed by atoms with van der Waals surface area (Å²) in [6, 6.07) is 1.28. The van der Waals surface area contributed by atoms with Gasteiger partial charge in [-0.2, -0.15) is 5.26 Å². The van der Waals surface area contributed by atoms with E-state index in [2.05, 4.69) is 14.3 Å². The lowest BCUT2D eigenvalue weighted by Crippen LogP contribution is -2.29. The molecule has 1 heterocycles. The van der Waals surface area contributed by atoms with Gasteiger partial charge in [0, 0.05) is 0 Å². The number of hydrogen-bond donors (Lipinski definition) is 0. The summed E-state index contributed by atoms with van der Waals surface area (Å²) in [5.74, 6) is -2.97. The van der Waals surface area contributed by atoms with Gasteiger partial charge >= 0.3 is 18.2 Å². The van der Waals surface area contributed by atoms with Gasteiger partial charge in [-0.05, 0) is 0 Å². The minimum absolute atomic E-state index is 1.28. The maximum Gasteiger partial charge on any atom is 0.594 e. The molecule has 2 atom stereocenters. The monoisotopic (exact) mass is 156 g/mol. The zero-order valence-corrected chi connectivity index (χ0v) is 5.07. The first-order chi connectivity index (χ1) is 5.12. The van der Waals surface area contributed by atoms with Crippen LogP contribution in [0.2, 0.25) is 0 Å². The van der Waals surface area contributed by atoms with E-state index in [9.17, 15) is 9.18 Å². The normalized spacial score (nSPS) is 34.8. The second-order valence-corrected chi connectivity index (χ2v) is 1.70. The summed E-state index contributed by atoms with van der Waals surface area (Å²) in [5, 5.41) is 8.16. The summed E-state index contributed by atoms with van der Waals surface area (Å²) in [6.45, 7) is 6.26. The number of cyclic esters (lactones) is 2. The molecule has 0 amide bonds. The van der Waals surface area contributed by atoms with Crippen molar-refractivity contribution >= 4 is 6.16 Å². The number of hydrogen-bond acceptors (Lipinski definition) is 4. The van der Waals surface area contributed by atoms with Crippen LogP contribution in [0.3, 0.4) is 0 Å². The molecule has 0 aromatic rings. The van der Waals surface area contributed by atoms with Crippen LogP contribution in [0.5, 0.6) is 0 Å².